The Balaban J connectivity index is 2.38. The van der Waals surface area contributed by atoms with Crippen molar-refractivity contribution in [3.8, 4) is 0 Å². The maximum absolute atomic E-state index is 5.96. The SMILES string of the molecule is CCCNC(c1ccc(CC)o1)c1cccc(Br)c1C. The van der Waals surface area contributed by atoms with Crippen LogP contribution in [-0.2, 0) is 6.42 Å². The van der Waals surface area contributed by atoms with Gasteiger partial charge in [0.1, 0.15) is 11.5 Å². The molecule has 0 aliphatic heterocycles. The van der Waals surface area contributed by atoms with Crippen molar-refractivity contribution in [1.82, 2.24) is 5.32 Å². The van der Waals surface area contributed by atoms with E-state index >= 15 is 0 Å². The zero-order valence-electron chi connectivity index (χ0n) is 12.4. The van der Waals surface area contributed by atoms with Crippen LogP contribution < -0.4 is 5.32 Å². The lowest BCUT2D eigenvalue weighted by atomic mass is 9.99. The van der Waals surface area contributed by atoms with Crippen LogP contribution in [0, 0.1) is 6.92 Å². The molecule has 1 aromatic carbocycles. The zero-order valence-corrected chi connectivity index (χ0v) is 14.0. The Labute approximate surface area is 129 Å². The second kappa shape index (κ2) is 7.09. The second-order valence-corrected chi connectivity index (χ2v) is 5.85. The van der Waals surface area contributed by atoms with Crippen LogP contribution in [0.3, 0.4) is 0 Å². The maximum atomic E-state index is 5.96. The minimum absolute atomic E-state index is 0.118. The predicted octanol–water partition coefficient (Wildman–Crippen LogP) is 5.00. The molecule has 0 spiro atoms. The van der Waals surface area contributed by atoms with Crippen LogP contribution in [0.4, 0.5) is 0 Å². The minimum Gasteiger partial charge on any atom is -0.464 e. The van der Waals surface area contributed by atoms with Gasteiger partial charge in [0.25, 0.3) is 0 Å². The third kappa shape index (κ3) is 3.33. The van der Waals surface area contributed by atoms with Gasteiger partial charge in [-0.25, -0.2) is 0 Å². The predicted molar refractivity (Wildman–Crippen MR) is 87.1 cm³/mol. The van der Waals surface area contributed by atoms with Crippen molar-refractivity contribution < 1.29 is 4.42 Å². The van der Waals surface area contributed by atoms with Gasteiger partial charge < -0.3 is 9.73 Å². The van der Waals surface area contributed by atoms with Gasteiger partial charge in [0.2, 0.25) is 0 Å². The molecular formula is C17H22BrNO. The summed E-state index contributed by atoms with van der Waals surface area (Å²) in [5, 5.41) is 3.59. The van der Waals surface area contributed by atoms with Crippen molar-refractivity contribution >= 4 is 15.9 Å². The topological polar surface area (TPSA) is 25.2 Å². The van der Waals surface area contributed by atoms with Gasteiger partial charge in [0.15, 0.2) is 0 Å². The van der Waals surface area contributed by atoms with Crippen LogP contribution in [0.25, 0.3) is 0 Å². The van der Waals surface area contributed by atoms with Gasteiger partial charge in [-0.15, -0.1) is 0 Å². The van der Waals surface area contributed by atoms with Gasteiger partial charge in [0.05, 0.1) is 6.04 Å². The quantitative estimate of drug-likeness (QED) is 0.803. The van der Waals surface area contributed by atoms with Crippen LogP contribution in [0.15, 0.2) is 39.2 Å². The van der Waals surface area contributed by atoms with Crippen molar-refractivity contribution in [3.63, 3.8) is 0 Å². The molecule has 1 aromatic heterocycles. The zero-order chi connectivity index (χ0) is 14.5. The van der Waals surface area contributed by atoms with Crippen LogP contribution in [0.1, 0.15) is 49.0 Å². The Morgan fingerprint density at radius 3 is 2.65 bits per heavy atom. The molecule has 0 aliphatic carbocycles. The van der Waals surface area contributed by atoms with Gasteiger partial charge in [-0.3, -0.25) is 0 Å². The molecule has 2 rings (SSSR count). The van der Waals surface area contributed by atoms with E-state index in [9.17, 15) is 0 Å². The third-order valence-electron chi connectivity index (χ3n) is 3.53. The standard InChI is InChI=1S/C17H22BrNO/c1-4-11-19-17(16-10-9-13(5-2)20-16)14-7-6-8-15(18)12(14)3/h6-10,17,19H,4-5,11H2,1-3H3. The first-order valence-electron chi connectivity index (χ1n) is 7.24. The molecular weight excluding hydrogens is 314 g/mol. The molecule has 108 valence electrons. The molecule has 0 saturated heterocycles. The molecule has 2 aromatic rings. The monoisotopic (exact) mass is 335 g/mol. The lowest BCUT2D eigenvalue weighted by Crippen LogP contribution is -2.23. The van der Waals surface area contributed by atoms with E-state index in [1.807, 2.05) is 0 Å². The van der Waals surface area contributed by atoms with Crippen LogP contribution >= 0.6 is 15.9 Å². The summed E-state index contributed by atoms with van der Waals surface area (Å²) in [6.45, 7) is 7.40. The number of hydrogen-bond donors (Lipinski definition) is 1. The van der Waals surface area contributed by atoms with Crippen molar-refractivity contribution in [3.05, 3.63) is 57.5 Å². The first kappa shape index (κ1) is 15.3. The van der Waals surface area contributed by atoms with E-state index in [1.165, 1.54) is 11.1 Å². The maximum Gasteiger partial charge on any atom is 0.125 e. The Kier molecular flexibility index (Phi) is 5.44. The number of benzene rings is 1. The highest BCUT2D eigenvalue weighted by Crippen LogP contribution is 2.30. The Bertz CT molecular complexity index is 562. The lowest BCUT2D eigenvalue weighted by Gasteiger charge is -2.19. The Morgan fingerprint density at radius 2 is 2.00 bits per heavy atom. The summed E-state index contributed by atoms with van der Waals surface area (Å²) in [7, 11) is 0. The van der Waals surface area contributed by atoms with E-state index in [1.54, 1.807) is 0 Å². The summed E-state index contributed by atoms with van der Waals surface area (Å²) < 4.78 is 7.10. The van der Waals surface area contributed by atoms with Crippen LogP contribution in [0.2, 0.25) is 0 Å². The highest BCUT2D eigenvalue weighted by Gasteiger charge is 2.19. The Morgan fingerprint density at radius 1 is 1.20 bits per heavy atom. The van der Waals surface area contributed by atoms with E-state index in [2.05, 4.69) is 72.3 Å². The largest absolute Gasteiger partial charge is 0.464 e. The summed E-state index contributed by atoms with van der Waals surface area (Å²) in [6, 6.07) is 10.6. The number of rotatable bonds is 6. The van der Waals surface area contributed by atoms with Gasteiger partial charge >= 0.3 is 0 Å². The van der Waals surface area contributed by atoms with Crippen LogP contribution in [-0.4, -0.2) is 6.54 Å². The van der Waals surface area contributed by atoms with Gasteiger partial charge in [-0.1, -0.05) is 41.9 Å². The molecule has 20 heavy (non-hydrogen) atoms. The third-order valence-corrected chi connectivity index (χ3v) is 4.39. The number of aryl methyl sites for hydroxylation is 1. The summed E-state index contributed by atoms with van der Waals surface area (Å²) in [4.78, 5) is 0. The summed E-state index contributed by atoms with van der Waals surface area (Å²) in [6.07, 6.45) is 2.03. The van der Waals surface area contributed by atoms with E-state index < -0.39 is 0 Å². The second-order valence-electron chi connectivity index (χ2n) is 5.00. The molecule has 0 radical (unpaired) electrons. The smallest absolute Gasteiger partial charge is 0.125 e. The highest BCUT2D eigenvalue weighted by molar-refractivity contribution is 9.10. The van der Waals surface area contributed by atoms with E-state index in [-0.39, 0.29) is 6.04 Å². The van der Waals surface area contributed by atoms with Crippen molar-refractivity contribution in [2.24, 2.45) is 0 Å². The molecule has 1 heterocycles. The molecule has 1 atom stereocenters. The average Bonchev–Trinajstić information content (AvgIpc) is 2.92. The van der Waals surface area contributed by atoms with Crippen molar-refractivity contribution in [1.29, 1.82) is 0 Å². The molecule has 0 aliphatic rings. The molecule has 3 heteroatoms. The first-order chi connectivity index (χ1) is 9.67. The van der Waals surface area contributed by atoms with Crippen LogP contribution in [0.5, 0.6) is 0 Å². The highest BCUT2D eigenvalue weighted by atomic mass is 79.9. The number of hydrogen-bond acceptors (Lipinski definition) is 2. The summed E-state index contributed by atoms with van der Waals surface area (Å²) >= 11 is 3.62. The fourth-order valence-electron chi connectivity index (χ4n) is 2.33. The first-order valence-corrected chi connectivity index (χ1v) is 8.03. The molecule has 1 N–H and O–H groups in total. The van der Waals surface area contributed by atoms with Gasteiger partial charge in [0, 0.05) is 10.9 Å². The molecule has 2 nitrogen and oxygen atoms in total. The molecule has 1 unspecified atom stereocenters. The van der Waals surface area contributed by atoms with Gasteiger partial charge in [-0.2, -0.15) is 0 Å². The Hall–Kier alpha value is -1.06. The molecule has 0 saturated carbocycles. The van der Waals surface area contributed by atoms with E-state index in [0.717, 1.165) is 35.4 Å². The average molecular weight is 336 g/mol. The molecule has 0 fully saturated rings. The number of nitrogens with one attached hydrogen (secondary N) is 1. The fourth-order valence-corrected chi connectivity index (χ4v) is 2.71. The van der Waals surface area contributed by atoms with E-state index in [0.29, 0.717) is 0 Å². The molecule has 0 bridgehead atoms. The van der Waals surface area contributed by atoms with Gasteiger partial charge in [-0.05, 0) is 49.2 Å². The summed E-state index contributed by atoms with van der Waals surface area (Å²) in [5.74, 6) is 2.03. The van der Waals surface area contributed by atoms with Crippen molar-refractivity contribution in [2.45, 2.75) is 39.7 Å². The molecule has 0 amide bonds. The normalized spacial score (nSPS) is 12.6. The number of furan rings is 1. The van der Waals surface area contributed by atoms with Crippen molar-refractivity contribution in [2.75, 3.05) is 6.54 Å². The fraction of sp³-hybridized carbons (Fsp3) is 0.412. The number of halogens is 1. The summed E-state index contributed by atoms with van der Waals surface area (Å²) in [5.41, 5.74) is 2.53. The lowest BCUT2D eigenvalue weighted by molar-refractivity contribution is 0.421. The minimum atomic E-state index is 0.118. The van der Waals surface area contributed by atoms with E-state index in [4.69, 9.17) is 4.42 Å².